The van der Waals surface area contributed by atoms with Crippen LogP contribution in [0.5, 0.6) is 0 Å². The molecule has 0 aromatic carbocycles. The van der Waals surface area contributed by atoms with E-state index in [1.54, 1.807) is 0 Å². The maximum absolute atomic E-state index is 10.7. The van der Waals surface area contributed by atoms with Crippen LogP contribution in [0.2, 0.25) is 0 Å². The SMILES string of the molecule is O=C1C=C(O)CC(C(=O)[O-])C1.[Li+].[PH2-]. The summed E-state index contributed by atoms with van der Waals surface area (Å²) < 4.78 is 0. The van der Waals surface area contributed by atoms with Gasteiger partial charge in [-0.1, -0.05) is 0 Å². The van der Waals surface area contributed by atoms with E-state index in [0.29, 0.717) is 0 Å². The first-order chi connectivity index (χ1) is 5.09. The molecule has 1 atom stereocenters. The van der Waals surface area contributed by atoms with Crippen LogP contribution in [-0.4, -0.2) is 16.9 Å². The summed E-state index contributed by atoms with van der Waals surface area (Å²) in [4.78, 5) is 20.9. The number of hydrogen-bond donors (Lipinski definition) is 1. The molecular weight excluding hydrogens is 186 g/mol. The fraction of sp³-hybridized carbons (Fsp3) is 0.429. The molecule has 0 spiro atoms. The van der Waals surface area contributed by atoms with Crippen molar-refractivity contribution in [2.24, 2.45) is 5.92 Å². The van der Waals surface area contributed by atoms with Gasteiger partial charge in [0.05, 0.1) is 5.76 Å². The van der Waals surface area contributed by atoms with Crippen LogP contribution in [0.15, 0.2) is 11.8 Å². The molecule has 0 aliphatic heterocycles. The molecule has 0 radical (unpaired) electrons. The summed E-state index contributed by atoms with van der Waals surface area (Å²) in [5.41, 5.74) is 0. The van der Waals surface area contributed by atoms with Crippen molar-refractivity contribution in [3.05, 3.63) is 11.8 Å². The number of rotatable bonds is 1. The average Bonchev–Trinajstić information content (AvgIpc) is 1.85. The normalized spacial score (nSPS) is 20.8. The zero-order chi connectivity index (χ0) is 8.43. The molecule has 0 amide bonds. The van der Waals surface area contributed by atoms with E-state index in [-0.39, 0.29) is 53.1 Å². The van der Waals surface area contributed by atoms with Crippen LogP contribution in [0.1, 0.15) is 12.8 Å². The Hall–Kier alpha value is -0.293. The molecule has 0 saturated carbocycles. The van der Waals surface area contributed by atoms with Crippen molar-refractivity contribution in [1.82, 2.24) is 0 Å². The molecule has 1 aliphatic carbocycles. The minimum absolute atomic E-state index is 0. The number of aliphatic hydroxyl groups is 1. The smallest absolute Gasteiger partial charge is 0.577 e. The van der Waals surface area contributed by atoms with E-state index in [0.717, 1.165) is 6.08 Å². The monoisotopic (exact) mass is 195 g/mol. The van der Waals surface area contributed by atoms with Crippen molar-refractivity contribution in [3.63, 3.8) is 0 Å². The van der Waals surface area contributed by atoms with E-state index in [1.165, 1.54) is 0 Å². The van der Waals surface area contributed by atoms with E-state index in [9.17, 15) is 14.7 Å². The van der Waals surface area contributed by atoms with Gasteiger partial charge in [-0.15, -0.1) is 0 Å². The molecule has 1 rings (SSSR count). The van der Waals surface area contributed by atoms with E-state index in [1.807, 2.05) is 0 Å². The van der Waals surface area contributed by atoms with Gasteiger partial charge in [-0.25, -0.2) is 0 Å². The molecule has 0 heterocycles. The molecular formula is C7H9LiO4P-. The molecule has 0 bridgehead atoms. The van der Waals surface area contributed by atoms with Gasteiger partial charge in [0.15, 0.2) is 5.78 Å². The Morgan fingerprint density at radius 2 is 2.08 bits per heavy atom. The van der Waals surface area contributed by atoms with Crippen molar-refractivity contribution in [2.45, 2.75) is 12.8 Å². The van der Waals surface area contributed by atoms with Gasteiger partial charge < -0.3 is 24.9 Å². The molecule has 4 nitrogen and oxygen atoms in total. The number of ketones is 1. The van der Waals surface area contributed by atoms with Gasteiger partial charge in [0.25, 0.3) is 0 Å². The molecule has 0 aromatic heterocycles. The fourth-order valence-corrected chi connectivity index (χ4v) is 1.04. The summed E-state index contributed by atoms with van der Waals surface area (Å²) >= 11 is 0. The van der Waals surface area contributed by atoms with Crippen LogP contribution >= 0.6 is 9.90 Å². The first kappa shape index (κ1) is 15.2. The Balaban J connectivity index is 0. The quantitative estimate of drug-likeness (QED) is 0.347. The Labute approximate surface area is 91.2 Å². The van der Waals surface area contributed by atoms with Crippen molar-refractivity contribution in [3.8, 4) is 0 Å². The summed E-state index contributed by atoms with van der Waals surface area (Å²) in [6, 6.07) is 0. The van der Waals surface area contributed by atoms with E-state index in [4.69, 9.17) is 5.11 Å². The van der Waals surface area contributed by atoms with E-state index in [2.05, 4.69) is 0 Å². The summed E-state index contributed by atoms with van der Waals surface area (Å²) in [6.45, 7) is 0. The molecule has 1 aliphatic rings. The van der Waals surface area contributed by atoms with Crippen molar-refractivity contribution >= 4 is 21.7 Å². The van der Waals surface area contributed by atoms with Crippen LogP contribution in [0.3, 0.4) is 0 Å². The van der Waals surface area contributed by atoms with Crippen LogP contribution in [0.25, 0.3) is 0 Å². The third kappa shape index (κ3) is 4.47. The summed E-state index contributed by atoms with van der Waals surface area (Å²) in [5, 5.41) is 19.1. The van der Waals surface area contributed by atoms with Gasteiger partial charge in [0.2, 0.25) is 0 Å². The number of carboxylic acids is 1. The molecule has 0 aromatic rings. The molecule has 68 valence electrons. The number of carbonyl (C=O) groups is 2. The molecule has 1 unspecified atom stereocenters. The van der Waals surface area contributed by atoms with Crippen LogP contribution in [0.4, 0.5) is 0 Å². The van der Waals surface area contributed by atoms with Crippen molar-refractivity contribution in [2.75, 3.05) is 0 Å². The van der Waals surface area contributed by atoms with Gasteiger partial charge in [-0.2, -0.15) is 0 Å². The molecule has 0 saturated heterocycles. The van der Waals surface area contributed by atoms with E-state index >= 15 is 0 Å². The second-order valence-corrected chi connectivity index (χ2v) is 2.53. The largest absolute Gasteiger partial charge is 1.00 e. The number of aliphatic hydroxyl groups excluding tert-OH is 1. The first-order valence-electron chi connectivity index (χ1n) is 3.23. The number of allylic oxidation sites excluding steroid dienone is 2. The predicted octanol–water partition coefficient (Wildman–Crippen LogP) is -3.51. The second-order valence-electron chi connectivity index (χ2n) is 2.53. The van der Waals surface area contributed by atoms with Crippen molar-refractivity contribution < 1.29 is 38.7 Å². The third-order valence-corrected chi connectivity index (χ3v) is 1.56. The fourth-order valence-electron chi connectivity index (χ4n) is 1.04. The van der Waals surface area contributed by atoms with Crippen LogP contribution in [0, 0.1) is 5.92 Å². The van der Waals surface area contributed by atoms with Crippen molar-refractivity contribution in [1.29, 1.82) is 0 Å². The minimum Gasteiger partial charge on any atom is -0.577 e. The zero-order valence-electron chi connectivity index (χ0n) is 7.32. The van der Waals surface area contributed by atoms with Gasteiger partial charge in [0, 0.05) is 30.8 Å². The molecule has 13 heavy (non-hydrogen) atoms. The number of carboxylic acid groups (broad SMARTS) is 1. The summed E-state index contributed by atoms with van der Waals surface area (Å²) in [7, 11) is 0. The van der Waals surface area contributed by atoms with Gasteiger partial charge in [0.1, 0.15) is 0 Å². The van der Waals surface area contributed by atoms with Gasteiger partial charge in [-0.05, 0) is 0 Å². The molecule has 6 heteroatoms. The van der Waals surface area contributed by atoms with Crippen LogP contribution < -0.4 is 24.0 Å². The standard InChI is InChI=1S/C7H8O4.Li.H2P/c8-5-1-4(7(10)11)2-6(9)3-5;;/h3-4,8H,1-2H2,(H,10,11);;1H2/q;+1;-1/p-1. The summed E-state index contributed by atoms with van der Waals surface area (Å²) in [6.07, 6.45) is 1.000. The molecule has 1 N–H and O–H groups in total. The number of aliphatic carboxylic acids is 1. The van der Waals surface area contributed by atoms with Gasteiger partial charge >= 0.3 is 18.9 Å². The second kappa shape index (κ2) is 6.21. The first-order valence-corrected chi connectivity index (χ1v) is 3.23. The third-order valence-electron chi connectivity index (χ3n) is 1.56. The maximum Gasteiger partial charge on any atom is 1.00 e. The maximum atomic E-state index is 10.7. The average molecular weight is 195 g/mol. The Morgan fingerprint density at radius 1 is 1.54 bits per heavy atom. The Bertz CT molecular complexity index is 239. The number of hydrogen-bond acceptors (Lipinski definition) is 4. The topological polar surface area (TPSA) is 77.4 Å². The predicted molar refractivity (Wildman–Crippen MR) is 43.2 cm³/mol. The Kier molecular flexibility index (Phi) is 7.25. The Morgan fingerprint density at radius 3 is 2.46 bits per heavy atom. The minimum atomic E-state index is -1.28. The van der Waals surface area contributed by atoms with Crippen LogP contribution in [-0.2, 0) is 9.59 Å². The summed E-state index contributed by atoms with van der Waals surface area (Å²) in [5.74, 6) is -2.66. The molecule has 0 fully saturated rings. The number of carbonyl (C=O) groups excluding carboxylic acids is 2. The van der Waals surface area contributed by atoms with E-state index < -0.39 is 11.9 Å². The van der Waals surface area contributed by atoms with Gasteiger partial charge in [-0.3, -0.25) is 4.79 Å². The zero-order valence-corrected chi connectivity index (χ0v) is 8.47.